The molecule has 1 aliphatic carbocycles. The van der Waals surface area contributed by atoms with E-state index in [2.05, 4.69) is 41.5 Å². The Balaban J connectivity index is 1.65. The Labute approximate surface area is 125 Å². The molecule has 0 aromatic heterocycles. The molecule has 0 aromatic carbocycles. The summed E-state index contributed by atoms with van der Waals surface area (Å²) in [6, 6.07) is 0.119. The number of piperidine rings is 1. The molecule has 6 unspecified atom stereocenters. The van der Waals surface area contributed by atoms with Crippen LogP contribution in [0.15, 0.2) is 36.6 Å². The smallest absolute Gasteiger partial charge is 0.311 e. The van der Waals surface area contributed by atoms with Crippen LogP contribution in [0.1, 0.15) is 12.8 Å². The number of hydrogen-bond donors (Lipinski definition) is 0. The third-order valence-electron chi connectivity index (χ3n) is 5.40. The maximum absolute atomic E-state index is 12.2. The van der Waals surface area contributed by atoms with E-state index in [1.807, 2.05) is 0 Å². The van der Waals surface area contributed by atoms with Gasteiger partial charge in [0.05, 0.1) is 31.3 Å². The van der Waals surface area contributed by atoms with Crippen molar-refractivity contribution in [2.45, 2.75) is 31.1 Å². The second kappa shape index (κ2) is 5.02. The van der Waals surface area contributed by atoms with Gasteiger partial charge >= 0.3 is 5.97 Å². The van der Waals surface area contributed by atoms with Crippen LogP contribution in [0.4, 0.5) is 0 Å². The molecule has 0 spiro atoms. The average molecular weight is 287 g/mol. The minimum Gasteiger partial charge on any atom is -0.469 e. The molecule has 0 saturated carbocycles. The minimum atomic E-state index is -0.112. The summed E-state index contributed by atoms with van der Waals surface area (Å²) in [5, 5.41) is 0. The summed E-state index contributed by atoms with van der Waals surface area (Å²) in [5.74, 6) is 0.753. The highest BCUT2D eigenvalue weighted by Gasteiger charge is 2.53. The summed E-state index contributed by atoms with van der Waals surface area (Å²) in [5.41, 5.74) is 0. The van der Waals surface area contributed by atoms with Gasteiger partial charge in [-0.05, 0) is 25.0 Å². The summed E-state index contributed by atoms with van der Waals surface area (Å²) in [4.78, 5) is 14.4. The fourth-order valence-corrected chi connectivity index (χ4v) is 4.46. The lowest BCUT2D eigenvalue weighted by atomic mass is 9.74. The molecule has 6 atom stereocenters. The molecule has 0 amide bonds. The number of rotatable bonds is 1. The summed E-state index contributed by atoms with van der Waals surface area (Å²) < 4.78 is 11.4. The molecule has 2 fully saturated rings. The molecular weight excluding hydrogens is 266 g/mol. The number of esters is 1. The van der Waals surface area contributed by atoms with E-state index in [1.165, 1.54) is 7.11 Å². The highest BCUT2D eigenvalue weighted by Crippen LogP contribution is 2.46. The maximum Gasteiger partial charge on any atom is 0.311 e. The van der Waals surface area contributed by atoms with Crippen LogP contribution in [0.5, 0.6) is 0 Å². The van der Waals surface area contributed by atoms with Crippen molar-refractivity contribution >= 4 is 5.97 Å². The number of carbonyl (C=O) groups is 1. The van der Waals surface area contributed by atoms with Gasteiger partial charge in [0.1, 0.15) is 0 Å². The lowest BCUT2D eigenvalue weighted by Gasteiger charge is -2.46. The second-order valence-corrected chi connectivity index (χ2v) is 6.34. The zero-order valence-corrected chi connectivity index (χ0v) is 12.2. The van der Waals surface area contributed by atoms with Gasteiger partial charge in [-0.2, -0.15) is 0 Å². The van der Waals surface area contributed by atoms with E-state index in [-0.39, 0.29) is 30.1 Å². The molecule has 0 N–H and O–H groups in total. The number of hydrogen-bond acceptors (Lipinski definition) is 4. The van der Waals surface area contributed by atoms with Crippen LogP contribution in [0.2, 0.25) is 0 Å². The molecule has 21 heavy (non-hydrogen) atoms. The van der Waals surface area contributed by atoms with Crippen LogP contribution in [-0.2, 0) is 14.3 Å². The van der Waals surface area contributed by atoms with E-state index < -0.39 is 0 Å². The molecule has 3 heterocycles. The topological polar surface area (TPSA) is 38.8 Å². The van der Waals surface area contributed by atoms with Gasteiger partial charge in [-0.25, -0.2) is 0 Å². The average Bonchev–Trinajstić information content (AvgIpc) is 2.92. The van der Waals surface area contributed by atoms with Crippen LogP contribution in [0.3, 0.4) is 0 Å². The van der Waals surface area contributed by atoms with Crippen molar-refractivity contribution < 1.29 is 14.3 Å². The Bertz CT molecular complexity index is 524. The molecule has 0 aromatic rings. The van der Waals surface area contributed by atoms with Crippen LogP contribution < -0.4 is 0 Å². The zero-order valence-electron chi connectivity index (χ0n) is 12.2. The van der Waals surface area contributed by atoms with Crippen LogP contribution in [-0.4, -0.2) is 42.8 Å². The molecule has 4 heteroatoms. The zero-order chi connectivity index (χ0) is 14.4. The molecule has 0 bridgehead atoms. The summed E-state index contributed by atoms with van der Waals surface area (Å²) in [6.07, 6.45) is 15.0. The van der Waals surface area contributed by atoms with Gasteiger partial charge in [0.25, 0.3) is 0 Å². The fraction of sp³-hybridized carbons (Fsp3) is 0.588. The molecule has 4 rings (SSSR count). The van der Waals surface area contributed by atoms with E-state index >= 15 is 0 Å². The van der Waals surface area contributed by atoms with Gasteiger partial charge in [-0.3, -0.25) is 4.79 Å². The van der Waals surface area contributed by atoms with Crippen molar-refractivity contribution in [2.75, 3.05) is 13.7 Å². The monoisotopic (exact) mass is 287 g/mol. The molecule has 3 aliphatic heterocycles. The predicted molar refractivity (Wildman–Crippen MR) is 78.3 cm³/mol. The van der Waals surface area contributed by atoms with Gasteiger partial charge in [-0.15, -0.1) is 0 Å². The Morgan fingerprint density at radius 3 is 3.05 bits per heavy atom. The quantitative estimate of drug-likeness (QED) is 0.690. The van der Waals surface area contributed by atoms with E-state index in [9.17, 15) is 4.79 Å². The fourth-order valence-electron chi connectivity index (χ4n) is 4.46. The van der Waals surface area contributed by atoms with Gasteiger partial charge in [-0.1, -0.05) is 30.4 Å². The first-order valence-corrected chi connectivity index (χ1v) is 7.80. The van der Waals surface area contributed by atoms with Crippen LogP contribution in [0, 0.1) is 17.8 Å². The van der Waals surface area contributed by atoms with E-state index in [0.29, 0.717) is 11.8 Å². The third kappa shape index (κ3) is 1.96. The van der Waals surface area contributed by atoms with Crippen LogP contribution >= 0.6 is 0 Å². The van der Waals surface area contributed by atoms with Gasteiger partial charge in [0.2, 0.25) is 0 Å². The number of allylic oxidation sites excluding steroid dienone is 3. The van der Waals surface area contributed by atoms with Crippen molar-refractivity contribution in [1.82, 2.24) is 4.90 Å². The Kier molecular flexibility index (Phi) is 3.14. The normalized spacial score (nSPS) is 43.2. The molecule has 2 saturated heterocycles. The first kappa shape index (κ1) is 13.1. The van der Waals surface area contributed by atoms with Crippen molar-refractivity contribution in [2.24, 2.45) is 17.8 Å². The number of fused-ring (bicyclic) bond motifs is 5. The molecule has 4 nitrogen and oxygen atoms in total. The first-order chi connectivity index (χ1) is 10.3. The second-order valence-electron chi connectivity index (χ2n) is 6.34. The highest BCUT2D eigenvalue weighted by atomic mass is 16.5. The summed E-state index contributed by atoms with van der Waals surface area (Å²) in [6.45, 7) is 1.000. The summed E-state index contributed by atoms with van der Waals surface area (Å²) >= 11 is 0. The molecule has 0 radical (unpaired) electrons. The first-order valence-electron chi connectivity index (χ1n) is 7.80. The number of carbonyl (C=O) groups excluding carboxylic acids is 1. The van der Waals surface area contributed by atoms with E-state index in [4.69, 9.17) is 9.47 Å². The van der Waals surface area contributed by atoms with Crippen molar-refractivity contribution in [3.05, 3.63) is 36.6 Å². The largest absolute Gasteiger partial charge is 0.469 e. The van der Waals surface area contributed by atoms with Crippen molar-refractivity contribution in [1.29, 1.82) is 0 Å². The maximum atomic E-state index is 12.2. The number of methoxy groups -OCH3 is 1. The molecule has 112 valence electrons. The minimum absolute atomic E-state index is 0.110. The van der Waals surface area contributed by atoms with E-state index in [1.54, 1.807) is 0 Å². The van der Waals surface area contributed by atoms with Gasteiger partial charge in [0, 0.05) is 12.5 Å². The number of ether oxygens (including phenoxy) is 2. The Hall–Kier alpha value is -1.55. The van der Waals surface area contributed by atoms with Gasteiger partial charge in [0.15, 0.2) is 0 Å². The van der Waals surface area contributed by atoms with Crippen molar-refractivity contribution in [3.63, 3.8) is 0 Å². The Morgan fingerprint density at radius 2 is 2.19 bits per heavy atom. The molecular formula is C17H21NO3. The van der Waals surface area contributed by atoms with Crippen LogP contribution in [0.25, 0.3) is 0 Å². The standard InChI is InChI=1S/C17H21NO3/c1-20-17(19)13-6-4-9-18-10-8-12-11-5-2-3-7-14(11)21-16(12)15(13)18/h2-5,7,9,11-16H,6,8,10H2,1H3. The summed E-state index contributed by atoms with van der Waals surface area (Å²) in [7, 11) is 1.48. The predicted octanol–water partition coefficient (Wildman–Crippen LogP) is 1.89. The highest BCUT2D eigenvalue weighted by molar-refractivity contribution is 5.74. The van der Waals surface area contributed by atoms with Crippen molar-refractivity contribution in [3.8, 4) is 0 Å². The molecule has 4 aliphatic rings. The lowest BCUT2D eigenvalue weighted by molar-refractivity contribution is -0.152. The number of nitrogens with zero attached hydrogens (tertiary/aromatic N) is 1. The van der Waals surface area contributed by atoms with E-state index in [0.717, 1.165) is 19.4 Å². The third-order valence-corrected chi connectivity index (χ3v) is 5.40. The SMILES string of the molecule is COC(=O)C1CC=CN2CCC3C4C=CC=CC4OC3C12. The lowest BCUT2D eigenvalue weighted by Crippen LogP contribution is -2.56. The Morgan fingerprint density at radius 1 is 1.33 bits per heavy atom. The van der Waals surface area contributed by atoms with Gasteiger partial charge < -0.3 is 14.4 Å².